The Morgan fingerprint density at radius 3 is 2.41 bits per heavy atom. The van der Waals surface area contributed by atoms with Crippen molar-refractivity contribution in [3.8, 4) is 6.07 Å². The molecular weight excluding hydrogens is 358 g/mol. The van der Waals surface area contributed by atoms with Crippen molar-refractivity contribution in [3.63, 3.8) is 0 Å². The predicted molar refractivity (Wildman–Crippen MR) is 110 cm³/mol. The molecule has 1 heterocycles. The van der Waals surface area contributed by atoms with Crippen molar-refractivity contribution in [3.05, 3.63) is 75.4 Å². The highest BCUT2D eigenvalue weighted by molar-refractivity contribution is 6.31. The van der Waals surface area contributed by atoms with E-state index < -0.39 is 5.91 Å². The molecule has 0 aliphatic heterocycles. The molecule has 3 aromatic rings. The molecule has 0 aliphatic rings. The van der Waals surface area contributed by atoms with E-state index in [4.69, 9.17) is 11.6 Å². The first-order valence-corrected chi connectivity index (χ1v) is 8.83. The van der Waals surface area contributed by atoms with Gasteiger partial charge in [-0.05, 0) is 49.6 Å². The average molecular weight is 376 g/mol. The number of benzene rings is 2. The van der Waals surface area contributed by atoms with Crippen LogP contribution in [0.3, 0.4) is 0 Å². The van der Waals surface area contributed by atoms with Gasteiger partial charge in [-0.25, -0.2) is 4.98 Å². The highest BCUT2D eigenvalue weighted by Gasteiger charge is 2.14. The van der Waals surface area contributed by atoms with Crippen LogP contribution in [0.25, 0.3) is 17.0 Å². The monoisotopic (exact) mass is 375 g/mol. The van der Waals surface area contributed by atoms with Crippen LogP contribution in [-0.4, -0.2) is 10.9 Å². The molecule has 1 amide bonds. The van der Waals surface area contributed by atoms with E-state index in [9.17, 15) is 10.1 Å². The van der Waals surface area contributed by atoms with Crippen LogP contribution < -0.4 is 5.32 Å². The molecule has 134 valence electrons. The lowest BCUT2D eigenvalue weighted by Crippen LogP contribution is -2.15. The van der Waals surface area contributed by atoms with Gasteiger partial charge in [-0.1, -0.05) is 48.0 Å². The molecule has 4 nitrogen and oxygen atoms in total. The molecule has 0 atom stereocenters. The second-order valence-electron chi connectivity index (χ2n) is 6.41. The highest BCUT2D eigenvalue weighted by Crippen LogP contribution is 2.25. The number of aryl methyl sites for hydroxylation is 3. The van der Waals surface area contributed by atoms with E-state index in [-0.39, 0.29) is 10.7 Å². The summed E-state index contributed by atoms with van der Waals surface area (Å²) in [6.45, 7) is 5.77. The minimum atomic E-state index is -0.477. The van der Waals surface area contributed by atoms with Crippen molar-refractivity contribution >= 4 is 40.2 Å². The number of nitriles is 1. The Bertz CT molecular complexity index is 1110. The van der Waals surface area contributed by atoms with Crippen molar-refractivity contribution in [1.82, 2.24) is 4.98 Å². The maximum atomic E-state index is 12.6. The molecule has 5 heteroatoms. The number of para-hydroxylation sites is 2. The highest BCUT2D eigenvalue weighted by atomic mass is 35.5. The fourth-order valence-electron chi connectivity index (χ4n) is 2.94. The third kappa shape index (κ3) is 3.84. The molecule has 0 saturated carbocycles. The van der Waals surface area contributed by atoms with E-state index in [1.807, 2.05) is 69.3 Å². The van der Waals surface area contributed by atoms with E-state index >= 15 is 0 Å². The van der Waals surface area contributed by atoms with E-state index in [2.05, 4.69) is 10.3 Å². The molecule has 0 radical (unpaired) electrons. The minimum absolute atomic E-state index is 0.0339. The summed E-state index contributed by atoms with van der Waals surface area (Å²) in [7, 11) is 0. The zero-order chi connectivity index (χ0) is 19.6. The molecule has 27 heavy (non-hydrogen) atoms. The molecule has 0 bridgehead atoms. The molecule has 0 unspecified atom stereocenters. The predicted octanol–water partition coefficient (Wildman–Crippen LogP) is 5.36. The SMILES string of the molecule is Cc1cccc(C)c1NC(=O)/C(C#N)=C/c1cc2cccc(C)c2nc1Cl. The number of amides is 1. The summed E-state index contributed by atoms with van der Waals surface area (Å²) >= 11 is 6.29. The second-order valence-corrected chi connectivity index (χ2v) is 6.76. The Hall–Kier alpha value is -3.16. The number of halogens is 1. The van der Waals surface area contributed by atoms with Crippen molar-refractivity contribution < 1.29 is 4.79 Å². The van der Waals surface area contributed by atoms with Gasteiger partial charge in [-0.15, -0.1) is 0 Å². The molecular formula is C22H18ClN3O. The summed E-state index contributed by atoms with van der Waals surface area (Å²) < 4.78 is 0. The van der Waals surface area contributed by atoms with Gasteiger partial charge in [-0.3, -0.25) is 4.79 Å². The number of nitrogens with zero attached hydrogens (tertiary/aromatic N) is 2. The number of anilines is 1. The van der Waals surface area contributed by atoms with Crippen molar-refractivity contribution in [2.45, 2.75) is 20.8 Å². The smallest absolute Gasteiger partial charge is 0.266 e. The third-order valence-corrected chi connectivity index (χ3v) is 4.72. The van der Waals surface area contributed by atoms with Crippen LogP contribution in [0.1, 0.15) is 22.3 Å². The lowest BCUT2D eigenvalue weighted by molar-refractivity contribution is -0.112. The lowest BCUT2D eigenvalue weighted by atomic mass is 10.1. The number of carbonyl (C=O) groups is 1. The second kappa shape index (κ2) is 7.61. The van der Waals surface area contributed by atoms with E-state index in [0.717, 1.165) is 27.6 Å². The number of hydrogen-bond acceptors (Lipinski definition) is 3. The normalized spacial score (nSPS) is 11.3. The molecule has 2 aromatic carbocycles. The summed E-state index contributed by atoms with van der Waals surface area (Å²) in [5.41, 5.74) is 4.89. The average Bonchev–Trinajstić information content (AvgIpc) is 2.64. The van der Waals surface area contributed by atoms with Gasteiger partial charge in [0.05, 0.1) is 5.52 Å². The van der Waals surface area contributed by atoms with Crippen LogP contribution in [0.15, 0.2) is 48.0 Å². The number of hydrogen-bond donors (Lipinski definition) is 1. The van der Waals surface area contributed by atoms with Crippen LogP contribution in [0, 0.1) is 32.1 Å². The van der Waals surface area contributed by atoms with E-state index in [1.54, 1.807) is 0 Å². The Labute approximate surface area is 163 Å². The van der Waals surface area contributed by atoms with Gasteiger partial charge in [-0.2, -0.15) is 5.26 Å². The number of carbonyl (C=O) groups excluding carboxylic acids is 1. The van der Waals surface area contributed by atoms with Gasteiger partial charge in [0.25, 0.3) is 5.91 Å². The number of rotatable bonds is 3. The third-order valence-electron chi connectivity index (χ3n) is 4.41. The van der Waals surface area contributed by atoms with Crippen LogP contribution in [0.4, 0.5) is 5.69 Å². The number of pyridine rings is 1. The molecule has 0 spiro atoms. The maximum Gasteiger partial charge on any atom is 0.266 e. The first kappa shape index (κ1) is 18.6. The van der Waals surface area contributed by atoms with Crippen LogP contribution >= 0.6 is 11.6 Å². The van der Waals surface area contributed by atoms with Crippen molar-refractivity contribution in [1.29, 1.82) is 5.26 Å². The summed E-state index contributed by atoms with van der Waals surface area (Å²) in [5.74, 6) is -0.477. The first-order chi connectivity index (χ1) is 12.9. The maximum absolute atomic E-state index is 12.6. The van der Waals surface area contributed by atoms with E-state index in [1.165, 1.54) is 6.08 Å². The number of fused-ring (bicyclic) bond motifs is 1. The van der Waals surface area contributed by atoms with Gasteiger partial charge in [0, 0.05) is 16.6 Å². The molecule has 3 rings (SSSR count). The summed E-state index contributed by atoms with van der Waals surface area (Å²) in [6, 6.07) is 15.3. The fourth-order valence-corrected chi connectivity index (χ4v) is 3.13. The first-order valence-electron chi connectivity index (χ1n) is 8.46. The summed E-state index contributed by atoms with van der Waals surface area (Å²) in [5, 5.41) is 13.5. The topological polar surface area (TPSA) is 65.8 Å². The van der Waals surface area contributed by atoms with Gasteiger partial charge in [0.1, 0.15) is 16.8 Å². The standard InChI is InChI=1S/C22H18ClN3O/c1-13-6-4-7-14(2)19(13)26-22(27)18(12-24)11-17-10-16-9-5-8-15(3)20(16)25-21(17)23/h4-11H,1-3H3,(H,26,27)/b18-11+. The zero-order valence-electron chi connectivity index (χ0n) is 15.3. The van der Waals surface area contributed by atoms with Crippen molar-refractivity contribution in [2.24, 2.45) is 0 Å². The summed E-state index contributed by atoms with van der Waals surface area (Å²) in [4.78, 5) is 17.0. The van der Waals surface area contributed by atoms with Crippen molar-refractivity contribution in [2.75, 3.05) is 5.32 Å². The minimum Gasteiger partial charge on any atom is -0.321 e. The molecule has 1 N–H and O–H groups in total. The van der Waals surface area contributed by atoms with E-state index in [0.29, 0.717) is 11.3 Å². The number of aromatic nitrogens is 1. The molecule has 0 fully saturated rings. The largest absolute Gasteiger partial charge is 0.321 e. The fraction of sp³-hybridized carbons (Fsp3) is 0.136. The van der Waals surface area contributed by atoms with Gasteiger partial charge in [0.15, 0.2) is 0 Å². The Morgan fingerprint density at radius 1 is 1.11 bits per heavy atom. The lowest BCUT2D eigenvalue weighted by Gasteiger charge is -2.11. The van der Waals surface area contributed by atoms with Gasteiger partial charge >= 0.3 is 0 Å². The molecule has 1 aromatic heterocycles. The quantitative estimate of drug-likeness (QED) is 0.380. The Kier molecular flexibility index (Phi) is 5.25. The van der Waals surface area contributed by atoms with Gasteiger partial charge < -0.3 is 5.32 Å². The molecule has 0 aliphatic carbocycles. The van der Waals surface area contributed by atoms with Crippen LogP contribution in [0.2, 0.25) is 5.15 Å². The Balaban J connectivity index is 1.99. The Morgan fingerprint density at radius 2 is 1.74 bits per heavy atom. The molecule has 0 saturated heterocycles. The van der Waals surface area contributed by atoms with Crippen LogP contribution in [0.5, 0.6) is 0 Å². The zero-order valence-corrected chi connectivity index (χ0v) is 16.1. The van der Waals surface area contributed by atoms with Gasteiger partial charge in [0.2, 0.25) is 0 Å². The van der Waals surface area contributed by atoms with Crippen LogP contribution in [-0.2, 0) is 4.79 Å². The number of nitrogens with one attached hydrogen (secondary N) is 1. The summed E-state index contributed by atoms with van der Waals surface area (Å²) in [6.07, 6.45) is 1.47.